The maximum atomic E-state index is 14.5. The number of nitrogens with zero attached hydrogens (tertiary/aromatic N) is 2. The molecule has 0 saturated carbocycles. The number of halogens is 3. The van der Waals surface area contributed by atoms with Crippen molar-refractivity contribution in [1.82, 2.24) is 14.7 Å². The Hall–Kier alpha value is -3.67. The van der Waals surface area contributed by atoms with Gasteiger partial charge in [0.25, 0.3) is 21.5 Å². The number of carbonyl (C=O) groups excluding carboxylic acids is 1. The van der Waals surface area contributed by atoms with Crippen molar-refractivity contribution >= 4 is 21.7 Å². The zero-order valence-electron chi connectivity index (χ0n) is 19.6. The number of aromatic amines is 1. The summed E-state index contributed by atoms with van der Waals surface area (Å²) in [7, 11) is -4.55. The molecular formula is C24H23F3N4O4S. The number of hydrogen-bond acceptors (Lipinski definition) is 6. The highest BCUT2D eigenvalue weighted by Gasteiger charge is 2.39. The monoisotopic (exact) mass is 520 g/mol. The second-order valence-corrected chi connectivity index (χ2v) is 11.0. The van der Waals surface area contributed by atoms with E-state index in [-0.39, 0.29) is 23.0 Å². The molecule has 4 rings (SSSR count). The van der Waals surface area contributed by atoms with Crippen molar-refractivity contribution < 1.29 is 26.4 Å². The van der Waals surface area contributed by atoms with E-state index >= 15 is 0 Å². The first kappa shape index (κ1) is 25.4. The maximum Gasteiger partial charge on any atom is 0.269 e. The van der Waals surface area contributed by atoms with Crippen LogP contribution in [-0.2, 0) is 10.0 Å². The number of benzene rings is 1. The topological polar surface area (TPSA) is 112 Å². The predicted octanol–water partition coefficient (Wildman–Crippen LogP) is 3.60. The van der Waals surface area contributed by atoms with Crippen molar-refractivity contribution in [1.29, 1.82) is 0 Å². The Bertz CT molecular complexity index is 1520. The predicted molar refractivity (Wildman–Crippen MR) is 126 cm³/mol. The van der Waals surface area contributed by atoms with Gasteiger partial charge in [-0.2, -0.15) is 0 Å². The van der Waals surface area contributed by atoms with Gasteiger partial charge < -0.3 is 9.88 Å². The third-order valence-corrected chi connectivity index (χ3v) is 7.37. The van der Waals surface area contributed by atoms with E-state index in [1.807, 2.05) is 25.5 Å². The highest BCUT2D eigenvalue weighted by Crippen LogP contribution is 2.38. The fraction of sp³-hybridized carbons (Fsp3) is 0.292. The van der Waals surface area contributed by atoms with Crippen molar-refractivity contribution in [2.24, 2.45) is 5.92 Å². The molecule has 1 amide bonds. The Kier molecular flexibility index (Phi) is 6.41. The van der Waals surface area contributed by atoms with E-state index in [1.54, 1.807) is 4.90 Å². The molecule has 2 aromatic heterocycles. The van der Waals surface area contributed by atoms with Crippen molar-refractivity contribution in [3.8, 4) is 11.3 Å². The van der Waals surface area contributed by atoms with Gasteiger partial charge in [-0.25, -0.2) is 31.3 Å². The normalized spacial score (nSPS) is 17.3. The van der Waals surface area contributed by atoms with Crippen LogP contribution in [0.15, 0.2) is 52.3 Å². The van der Waals surface area contributed by atoms with Crippen LogP contribution in [-0.4, -0.2) is 36.4 Å². The van der Waals surface area contributed by atoms with Crippen LogP contribution in [0.2, 0.25) is 0 Å². The lowest BCUT2D eigenvalue weighted by Gasteiger charge is -2.34. The molecule has 36 heavy (non-hydrogen) atoms. The third-order valence-electron chi connectivity index (χ3n) is 6.02. The molecule has 0 radical (unpaired) electrons. The fourth-order valence-electron chi connectivity index (χ4n) is 4.53. The van der Waals surface area contributed by atoms with E-state index in [0.717, 1.165) is 12.1 Å². The highest BCUT2D eigenvalue weighted by molar-refractivity contribution is 7.90. The summed E-state index contributed by atoms with van der Waals surface area (Å²) in [5, 5.41) is 0. The van der Waals surface area contributed by atoms with Gasteiger partial charge in [0.05, 0.1) is 11.3 Å². The Labute approximate surface area is 205 Å². The van der Waals surface area contributed by atoms with Crippen LogP contribution in [0.5, 0.6) is 0 Å². The summed E-state index contributed by atoms with van der Waals surface area (Å²) in [6.45, 7) is 6.22. The van der Waals surface area contributed by atoms with Gasteiger partial charge in [0.1, 0.15) is 11.6 Å². The van der Waals surface area contributed by atoms with Gasteiger partial charge in [-0.3, -0.25) is 9.59 Å². The van der Waals surface area contributed by atoms with Crippen LogP contribution >= 0.6 is 0 Å². The van der Waals surface area contributed by atoms with Crippen LogP contribution in [0.1, 0.15) is 37.6 Å². The molecule has 1 aromatic carbocycles. The SMILES string of the molecule is C[C@@H]1CN(c2nc(-c3cc(F)cc(F)c3F)ccc2C(=O)NS(=O)(=O)c2ccc[nH]c2=O)C(C)(C)C1. The average molecular weight is 521 g/mol. The molecule has 8 nitrogen and oxygen atoms in total. The summed E-state index contributed by atoms with van der Waals surface area (Å²) in [6.07, 6.45) is 1.95. The van der Waals surface area contributed by atoms with Crippen molar-refractivity contribution in [2.45, 2.75) is 37.6 Å². The van der Waals surface area contributed by atoms with Crippen LogP contribution in [0.4, 0.5) is 19.0 Å². The number of H-pyrrole nitrogens is 1. The standard InChI is InChI=1S/C24H23F3N4O4S/c1-13-11-24(2,3)31(12-13)21-15(22(32)30-36(34,35)19-5-4-8-28-23(19)33)6-7-18(29-21)16-9-14(25)10-17(26)20(16)27/h4-10,13H,11-12H2,1-3H3,(H,28,33)(H,30,32)/t13-/m0/s1. The maximum absolute atomic E-state index is 14.5. The Balaban J connectivity index is 1.84. The zero-order valence-corrected chi connectivity index (χ0v) is 20.4. The first-order valence-electron chi connectivity index (χ1n) is 11.0. The second kappa shape index (κ2) is 9.08. The first-order valence-corrected chi connectivity index (χ1v) is 12.5. The van der Waals surface area contributed by atoms with Crippen LogP contribution in [0.3, 0.4) is 0 Å². The summed E-state index contributed by atoms with van der Waals surface area (Å²) >= 11 is 0. The lowest BCUT2D eigenvalue weighted by Crippen LogP contribution is -2.41. The van der Waals surface area contributed by atoms with E-state index in [1.165, 1.54) is 24.4 Å². The van der Waals surface area contributed by atoms with Crippen LogP contribution in [0.25, 0.3) is 11.3 Å². The summed E-state index contributed by atoms with van der Waals surface area (Å²) in [5.41, 5.74) is -2.20. The molecule has 2 N–H and O–H groups in total. The fourth-order valence-corrected chi connectivity index (χ4v) is 5.56. The summed E-state index contributed by atoms with van der Waals surface area (Å²) in [4.78, 5) is 32.9. The number of pyridine rings is 2. The highest BCUT2D eigenvalue weighted by atomic mass is 32.2. The molecule has 3 heterocycles. The molecule has 1 aliphatic heterocycles. The molecule has 0 spiro atoms. The lowest BCUT2D eigenvalue weighted by molar-refractivity contribution is 0.0981. The summed E-state index contributed by atoms with van der Waals surface area (Å²) in [5.74, 6) is -4.61. The summed E-state index contributed by atoms with van der Waals surface area (Å²) < 4.78 is 69.6. The van der Waals surface area contributed by atoms with Gasteiger partial charge >= 0.3 is 0 Å². The van der Waals surface area contributed by atoms with E-state index in [2.05, 4.69) is 9.97 Å². The van der Waals surface area contributed by atoms with Gasteiger partial charge in [0.15, 0.2) is 16.5 Å². The Morgan fingerprint density at radius 2 is 1.92 bits per heavy atom. The molecule has 0 aliphatic carbocycles. The molecule has 0 bridgehead atoms. The lowest BCUT2D eigenvalue weighted by atomic mass is 9.97. The van der Waals surface area contributed by atoms with Crippen molar-refractivity contribution in [3.63, 3.8) is 0 Å². The van der Waals surface area contributed by atoms with E-state index in [4.69, 9.17) is 0 Å². The Morgan fingerprint density at radius 3 is 2.56 bits per heavy atom. The quantitative estimate of drug-likeness (QED) is 0.498. The number of anilines is 1. The molecule has 0 unspecified atom stereocenters. The van der Waals surface area contributed by atoms with Gasteiger partial charge in [0, 0.05) is 29.9 Å². The first-order chi connectivity index (χ1) is 16.8. The number of carbonyl (C=O) groups is 1. The van der Waals surface area contributed by atoms with E-state index in [0.29, 0.717) is 19.0 Å². The van der Waals surface area contributed by atoms with Gasteiger partial charge in [-0.1, -0.05) is 6.92 Å². The Morgan fingerprint density at radius 1 is 1.19 bits per heavy atom. The number of hydrogen-bond donors (Lipinski definition) is 2. The minimum absolute atomic E-state index is 0.0144. The van der Waals surface area contributed by atoms with Gasteiger partial charge in [0.2, 0.25) is 0 Å². The van der Waals surface area contributed by atoms with Crippen molar-refractivity contribution in [2.75, 3.05) is 11.4 Å². The molecule has 1 aliphatic rings. The van der Waals surface area contributed by atoms with E-state index < -0.39 is 54.9 Å². The van der Waals surface area contributed by atoms with Crippen LogP contribution < -0.4 is 15.2 Å². The second-order valence-electron chi connectivity index (χ2n) is 9.35. The van der Waals surface area contributed by atoms with Gasteiger partial charge in [-0.05, 0) is 56.5 Å². The number of sulfonamides is 1. The molecule has 1 saturated heterocycles. The largest absolute Gasteiger partial charge is 0.351 e. The van der Waals surface area contributed by atoms with Gasteiger partial charge in [-0.15, -0.1) is 0 Å². The number of aromatic nitrogens is 2. The number of rotatable bonds is 5. The third kappa shape index (κ3) is 4.72. The molecule has 12 heteroatoms. The minimum Gasteiger partial charge on any atom is -0.351 e. The average Bonchev–Trinajstić information content (AvgIpc) is 3.07. The zero-order chi connectivity index (χ0) is 26.4. The molecular weight excluding hydrogens is 497 g/mol. The smallest absolute Gasteiger partial charge is 0.269 e. The minimum atomic E-state index is -4.55. The molecule has 3 aromatic rings. The molecule has 1 fully saturated rings. The van der Waals surface area contributed by atoms with E-state index in [9.17, 15) is 31.2 Å². The summed E-state index contributed by atoms with van der Waals surface area (Å²) in [6, 6.07) is 5.91. The molecule has 1 atom stereocenters. The van der Waals surface area contributed by atoms with Crippen LogP contribution in [0, 0.1) is 23.4 Å². The molecule has 190 valence electrons. The number of amides is 1. The number of nitrogens with one attached hydrogen (secondary N) is 2. The van der Waals surface area contributed by atoms with Crippen molar-refractivity contribution in [3.05, 3.63) is 76.0 Å².